The number of carbonyl (C=O) groups is 1. The molecule has 0 spiro atoms. The highest BCUT2D eigenvalue weighted by Crippen LogP contribution is 2.24. The van der Waals surface area contributed by atoms with Gasteiger partial charge in [-0.2, -0.15) is 5.10 Å². The second kappa shape index (κ2) is 6.04. The number of hydrogen-bond donors (Lipinski definition) is 2. The molecule has 2 unspecified atom stereocenters. The quantitative estimate of drug-likeness (QED) is 0.901. The maximum atomic E-state index is 12.5. The van der Waals surface area contributed by atoms with E-state index in [-0.39, 0.29) is 24.5 Å². The van der Waals surface area contributed by atoms with E-state index in [9.17, 15) is 9.90 Å². The van der Waals surface area contributed by atoms with Crippen molar-refractivity contribution >= 4 is 16.9 Å². The molecule has 2 atom stereocenters. The molecule has 0 radical (unpaired) electrons. The van der Waals surface area contributed by atoms with E-state index < -0.39 is 0 Å². The summed E-state index contributed by atoms with van der Waals surface area (Å²) in [6, 6.07) is 1.90. The van der Waals surface area contributed by atoms with Crippen LogP contribution in [-0.2, 0) is 7.05 Å². The molecule has 0 bridgehead atoms. The van der Waals surface area contributed by atoms with Crippen molar-refractivity contribution in [2.24, 2.45) is 13.0 Å². The fourth-order valence-corrected chi connectivity index (χ4v) is 3.30. The largest absolute Gasteiger partial charge is 0.396 e. The minimum Gasteiger partial charge on any atom is -0.396 e. The Kier molecular flexibility index (Phi) is 4.11. The number of hydrogen-bond acceptors (Lipinski definition) is 4. The monoisotopic (exact) mass is 302 g/mol. The normalized spacial score (nSPS) is 22.0. The number of amides is 1. The van der Waals surface area contributed by atoms with Crippen LogP contribution < -0.4 is 5.32 Å². The number of rotatable bonds is 3. The van der Waals surface area contributed by atoms with E-state index in [1.807, 2.05) is 20.0 Å². The van der Waals surface area contributed by atoms with Crippen LogP contribution in [0.1, 0.15) is 41.7 Å². The van der Waals surface area contributed by atoms with Crippen LogP contribution >= 0.6 is 0 Å². The highest BCUT2D eigenvalue weighted by atomic mass is 16.3. The molecule has 1 aliphatic rings. The Balaban J connectivity index is 1.81. The zero-order valence-corrected chi connectivity index (χ0v) is 13.0. The summed E-state index contributed by atoms with van der Waals surface area (Å²) in [7, 11) is 1.84. The number of aliphatic hydroxyl groups excluding tert-OH is 1. The van der Waals surface area contributed by atoms with Crippen molar-refractivity contribution in [2.45, 2.75) is 38.6 Å². The predicted octanol–water partition coefficient (Wildman–Crippen LogP) is 1.56. The highest BCUT2D eigenvalue weighted by molar-refractivity contribution is 5.97. The SMILES string of the molecule is Cc1nn(C)c2ncc(C(=O)NC3CCCCC3CO)cc12. The molecular weight excluding hydrogens is 280 g/mol. The van der Waals surface area contributed by atoms with E-state index in [1.165, 1.54) is 0 Å². The second-order valence-corrected chi connectivity index (χ2v) is 6.11. The van der Waals surface area contributed by atoms with Crippen LogP contribution in [0.15, 0.2) is 12.3 Å². The van der Waals surface area contributed by atoms with Crippen molar-refractivity contribution in [2.75, 3.05) is 6.61 Å². The molecule has 0 saturated heterocycles. The lowest BCUT2D eigenvalue weighted by molar-refractivity contribution is 0.0872. The lowest BCUT2D eigenvalue weighted by Crippen LogP contribution is -2.43. The standard InChI is InChI=1S/C16H22N4O2/c1-10-13-7-12(8-17-15(13)20(2)19-10)16(22)18-14-6-4-3-5-11(14)9-21/h7-8,11,14,21H,3-6,9H2,1-2H3,(H,18,22). The van der Waals surface area contributed by atoms with Crippen LogP contribution in [0.3, 0.4) is 0 Å². The first-order valence-corrected chi connectivity index (χ1v) is 7.81. The summed E-state index contributed by atoms with van der Waals surface area (Å²) in [6.07, 6.45) is 5.72. The van der Waals surface area contributed by atoms with E-state index in [4.69, 9.17) is 0 Å². The van der Waals surface area contributed by atoms with E-state index in [0.29, 0.717) is 5.56 Å². The molecule has 2 heterocycles. The minimum absolute atomic E-state index is 0.0527. The fraction of sp³-hybridized carbons (Fsp3) is 0.562. The molecule has 0 aliphatic heterocycles. The van der Waals surface area contributed by atoms with Gasteiger partial charge in [0.2, 0.25) is 0 Å². The number of aryl methyl sites for hydroxylation is 2. The zero-order chi connectivity index (χ0) is 15.7. The third kappa shape index (κ3) is 2.70. The van der Waals surface area contributed by atoms with Crippen molar-refractivity contribution in [3.8, 4) is 0 Å². The molecule has 22 heavy (non-hydrogen) atoms. The summed E-state index contributed by atoms with van der Waals surface area (Å²) in [6.45, 7) is 2.04. The van der Waals surface area contributed by atoms with Gasteiger partial charge in [-0.15, -0.1) is 0 Å². The number of fused-ring (bicyclic) bond motifs is 1. The van der Waals surface area contributed by atoms with Crippen molar-refractivity contribution < 1.29 is 9.90 Å². The summed E-state index contributed by atoms with van der Waals surface area (Å²) in [5.41, 5.74) is 2.19. The maximum Gasteiger partial charge on any atom is 0.253 e. The third-order valence-corrected chi connectivity index (χ3v) is 4.59. The van der Waals surface area contributed by atoms with Crippen LogP contribution in [0.25, 0.3) is 11.0 Å². The van der Waals surface area contributed by atoms with Gasteiger partial charge in [-0.05, 0) is 25.8 Å². The molecule has 3 rings (SSSR count). The molecule has 2 aromatic rings. The molecule has 2 aromatic heterocycles. The van der Waals surface area contributed by atoms with E-state index in [2.05, 4.69) is 15.4 Å². The lowest BCUT2D eigenvalue weighted by Gasteiger charge is -2.30. The molecule has 2 N–H and O–H groups in total. The first kappa shape index (κ1) is 15.0. The van der Waals surface area contributed by atoms with Gasteiger partial charge < -0.3 is 10.4 Å². The fourth-order valence-electron chi connectivity index (χ4n) is 3.30. The van der Waals surface area contributed by atoms with E-state index in [0.717, 1.165) is 42.4 Å². The topological polar surface area (TPSA) is 80.0 Å². The van der Waals surface area contributed by atoms with Crippen molar-refractivity contribution in [3.05, 3.63) is 23.5 Å². The van der Waals surface area contributed by atoms with E-state index >= 15 is 0 Å². The first-order chi connectivity index (χ1) is 10.6. The van der Waals surface area contributed by atoms with Crippen LogP contribution in [0, 0.1) is 12.8 Å². The number of aromatic nitrogens is 3. The molecule has 1 fully saturated rings. The number of carbonyl (C=O) groups excluding carboxylic acids is 1. The lowest BCUT2D eigenvalue weighted by atomic mass is 9.85. The average molecular weight is 302 g/mol. The smallest absolute Gasteiger partial charge is 0.253 e. The molecule has 6 nitrogen and oxygen atoms in total. The first-order valence-electron chi connectivity index (χ1n) is 7.81. The minimum atomic E-state index is -0.122. The number of aliphatic hydroxyl groups is 1. The van der Waals surface area contributed by atoms with Crippen molar-refractivity contribution in [1.82, 2.24) is 20.1 Å². The van der Waals surface area contributed by atoms with Gasteiger partial charge in [0.1, 0.15) is 0 Å². The summed E-state index contributed by atoms with van der Waals surface area (Å²) in [4.78, 5) is 16.8. The third-order valence-electron chi connectivity index (χ3n) is 4.59. The zero-order valence-electron chi connectivity index (χ0n) is 13.0. The second-order valence-electron chi connectivity index (χ2n) is 6.11. The molecule has 6 heteroatoms. The molecule has 1 saturated carbocycles. The molecular formula is C16H22N4O2. The Hall–Kier alpha value is -1.95. The number of nitrogens with zero attached hydrogens (tertiary/aromatic N) is 3. The van der Waals surface area contributed by atoms with Crippen molar-refractivity contribution in [3.63, 3.8) is 0 Å². The Labute approximate surface area is 129 Å². The van der Waals surface area contributed by atoms with Gasteiger partial charge in [-0.3, -0.25) is 9.48 Å². The number of nitrogens with one attached hydrogen (secondary N) is 1. The van der Waals surface area contributed by atoms with Gasteiger partial charge in [-0.25, -0.2) is 4.98 Å². The summed E-state index contributed by atoms with van der Waals surface area (Å²) in [5.74, 6) is 0.0394. The van der Waals surface area contributed by atoms with Gasteiger partial charge >= 0.3 is 0 Å². The highest BCUT2D eigenvalue weighted by Gasteiger charge is 2.26. The van der Waals surface area contributed by atoms with Crippen LogP contribution in [-0.4, -0.2) is 38.4 Å². The van der Waals surface area contributed by atoms with Gasteiger partial charge in [0.25, 0.3) is 5.91 Å². The van der Waals surface area contributed by atoms with E-state index in [1.54, 1.807) is 10.9 Å². The Morgan fingerprint density at radius 3 is 3.00 bits per heavy atom. The Morgan fingerprint density at radius 2 is 2.23 bits per heavy atom. The maximum absolute atomic E-state index is 12.5. The molecule has 1 aliphatic carbocycles. The van der Waals surface area contributed by atoms with Crippen LogP contribution in [0.2, 0.25) is 0 Å². The van der Waals surface area contributed by atoms with Gasteiger partial charge in [0, 0.05) is 37.2 Å². The summed E-state index contributed by atoms with van der Waals surface area (Å²) < 4.78 is 1.72. The Bertz CT molecular complexity index is 695. The van der Waals surface area contributed by atoms with Gasteiger partial charge in [-0.1, -0.05) is 12.8 Å². The average Bonchev–Trinajstić information content (AvgIpc) is 2.82. The Morgan fingerprint density at radius 1 is 1.45 bits per heavy atom. The summed E-state index contributed by atoms with van der Waals surface area (Å²) >= 11 is 0. The van der Waals surface area contributed by atoms with Crippen LogP contribution in [0.4, 0.5) is 0 Å². The van der Waals surface area contributed by atoms with Crippen molar-refractivity contribution in [1.29, 1.82) is 0 Å². The number of pyridine rings is 1. The van der Waals surface area contributed by atoms with Gasteiger partial charge in [0.05, 0.1) is 11.3 Å². The van der Waals surface area contributed by atoms with Crippen LogP contribution in [0.5, 0.6) is 0 Å². The summed E-state index contributed by atoms with van der Waals surface area (Å²) in [5, 5.41) is 17.7. The molecule has 1 amide bonds. The molecule has 0 aromatic carbocycles. The van der Waals surface area contributed by atoms with Gasteiger partial charge in [0.15, 0.2) is 5.65 Å². The molecule has 118 valence electrons. The predicted molar refractivity (Wildman–Crippen MR) is 83.5 cm³/mol.